The van der Waals surface area contributed by atoms with Gasteiger partial charge in [-0.15, -0.1) is 0 Å². The molecule has 1 heterocycles. The van der Waals surface area contributed by atoms with E-state index in [4.69, 9.17) is 20.9 Å². The molecule has 0 aromatic heterocycles. The Bertz CT molecular complexity index is 481. The summed E-state index contributed by atoms with van der Waals surface area (Å²) in [5.41, 5.74) is 13.4. The Kier molecular flexibility index (Phi) is 3.18. The summed E-state index contributed by atoms with van der Waals surface area (Å²) in [6, 6.07) is 5.66. The molecule has 0 aliphatic carbocycles. The van der Waals surface area contributed by atoms with Crippen LogP contribution in [0.1, 0.15) is 5.56 Å². The molecule has 5 heteroatoms. The van der Waals surface area contributed by atoms with Crippen LogP contribution in [0.3, 0.4) is 0 Å². The Labute approximate surface area is 99.7 Å². The van der Waals surface area contributed by atoms with Crippen LogP contribution >= 0.6 is 0 Å². The number of hydrogen-bond acceptors (Lipinski definition) is 4. The molecule has 0 saturated carbocycles. The molecule has 0 amide bonds. The highest BCUT2D eigenvalue weighted by Gasteiger charge is 2.17. The highest BCUT2D eigenvalue weighted by molar-refractivity contribution is 6.08. The summed E-state index contributed by atoms with van der Waals surface area (Å²) in [6.45, 7) is 1.15. The minimum Gasteiger partial charge on any atom is -0.486 e. The minimum atomic E-state index is 0.490. The van der Waals surface area contributed by atoms with Crippen LogP contribution in [0.2, 0.25) is 0 Å². The quantitative estimate of drug-likeness (QED) is 0.556. The first-order chi connectivity index (χ1) is 8.26. The van der Waals surface area contributed by atoms with Crippen molar-refractivity contribution in [2.45, 2.75) is 0 Å². The van der Waals surface area contributed by atoms with Gasteiger partial charge in [0.05, 0.1) is 5.56 Å². The van der Waals surface area contributed by atoms with Crippen LogP contribution in [0.15, 0.2) is 30.1 Å². The fourth-order valence-corrected chi connectivity index (χ4v) is 1.74. The van der Waals surface area contributed by atoms with E-state index in [2.05, 4.69) is 4.99 Å². The lowest BCUT2D eigenvalue weighted by atomic mass is 10.1. The van der Waals surface area contributed by atoms with Crippen LogP contribution in [0.25, 0.3) is 0 Å². The Morgan fingerprint density at radius 2 is 2.00 bits per heavy atom. The average molecular weight is 234 g/mol. The van der Waals surface area contributed by atoms with Crippen molar-refractivity contribution in [3.8, 4) is 11.5 Å². The van der Waals surface area contributed by atoms with Gasteiger partial charge in [-0.25, -0.2) is 4.99 Å². The number of allylic oxidation sites excluding steroid dienone is 1. The maximum absolute atomic E-state index is 5.80. The summed E-state index contributed by atoms with van der Waals surface area (Å²) < 4.78 is 11.0. The number of ether oxygens (including phenoxy) is 2. The molecule has 0 atom stereocenters. The largest absolute Gasteiger partial charge is 0.486 e. The second-order valence-electron chi connectivity index (χ2n) is 3.61. The first kappa shape index (κ1) is 11.3. The van der Waals surface area contributed by atoms with E-state index < -0.39 is 0 Å². The van der Waals surface area contributed by atoms with E-state index in [0.29, 0.717) is 18.9 Å². The van der Waals surface area contributed by atoms with Gasteiger partial charge in [-0.2, -0.15) is 0 Å². The second kappa shape index (κ2) is 4.78. The van der Waals surface area contributed by atoms with Crippen molar-refractivity contribution in [3.63, 3.8) is 0 Å². The van der Waals surface area contributed by atoms with Crippen molar-refractivity contribution in [1.29, 1.82) is 0 Å². The Morgan fingerprint density at radius 3 is 2.65 bits per heavy atom. The number of nitrogens with one attached hydrogen (secondary N) is 1. The van der Waals surface area contributed by atoms with Gasteiger partial charge in [0.25, 0.3) is 0 Å². The molecule has 0 radical (unpaired) electrons. The highest BCUT2D eigenvalue weighted by atomic mass is 16.6. The number of benzene rings is 1. The molecule has 1 aliphatic heterocycles. The third kappa shape index (κ3) is 2.18. The lowest BCUT2D eigenvalue weighted by Gasteiger charge is -2.18. The van der Waals surface area contributed by atoms with Crippen LogP contribution in [0, 0.1) is 0 Å². The highest BCUT2D eigenvalue weighted by Crippen LogP contribution is 2.30. The molecule has 0 unspecified atom stereocenters. The third-order valence-corrected chi connectivity index (χ3v) is 2.55. The van der Waals surface area contributed by atoms with Gasteiger partial charge in [0.2, 0.25) is 5.71 Å². The molecule has 5 nitrogen and oxygen atoms in total. The fraction of sp³-hybridized carbons (Fsp3) is 0.250. The summed E-state index contributed by atoms with van der Waals surface area (Å²) in [5.74, 6) is 1.48. The zero-order valence-electron chi connectivity index (χ0n) is 9.69. The number of hydrogen-bond donors (Lipinski definition) is 3. The van der Waals surface area contributed by atoms with Crippen molar-refractivity contribution in [2.75, 3.05) is 20.3 Å². The smallest absolute Gasteiger partial charge is 0.230 e. The van der Waals surface area contributed by atoms with E-state index >= 15 is 0 Å². The monoisotopic (exact) mass is 234 g/mol. The summed E-state index contributed by atoms with van der Waals surface area (Å²) in [6.07, 6.45) is 1.36. The molecular formula is C12H16N3O2+. The normalized spacial score (nSPS) is 15.8. The van der Waals surface area contributed by atoms with E-state index in [1.807, 2.05) is 18.2 Å². The number of rotatable bonds is 2. The molecule has 1 aliphatic rings. The predicted molar refractivity (Wildman–Crippen MR) is 64.9 cm³/mol. The fourth-order valence-electron chi connectivity index (χ4n) is 1.74. The van der Waals surface area contributed by atoms with E-state index in [1.165, 1.54) is 6.20 Å². The molecule has 2 rings (SSSR count). The number of nitrogens with two attached hydrogens (primary N) is 2. The molecule has 0 spiro atoms. The van der Waals surface area contributed by atoms with Gasteiger partial charge < -0.3 is 20.9 Å². The molecule has 0 fully saturated rings. The Balaban J connectivity index is 2.40. The molecule has 1 aromatic rings. The molecule has 0 bridgehead atoms. The van der Waals surface area contributed by atoms with Crippen LogP contribution < -0.4 is 25.9 Å². The van der Waals surface area contributed by atoms with Gasteiger partial charge in [-0.3, -0.25) is 0 Å². The van der Waals surface area contributed by atoms with Crippen LogP contribution in [-0.2, 0) is 0 Å². The van der Waals surface area contributed by atoms with Gasteiger partial charge in [0.1, 0.15) is 26.0 Å². The van der Waals surface area contributed by atoms with Gasteiger partial charge in [-0.05, 0) is 18.2 Å². The molecule has 0 saturated heterocycles. The van der Waals surface area contributed by atoms with E-state index in [9.17, 15) is 0 Å². The molecule has 17 heavy (non-hydrogen) atoms. The lowest BCUT2D eigenvalue weighted by molar-refractivity contribution is -0.418. The molecule has 5 N–H and O–H groups in total. The maximum atomic E-state index is 5.80. The summed E-state index contributed by atoms with van der Waals surface area (Å²) >= 11 is 0. The third-order valence-electron chi connectivity index (χ3n) is 2.55. The van der Waals surface area contributed by atoms with Crippen LogP contribution in [-0.4, -0.2) is 26.0 Å². The first-order valence-electron chi connectivity index (χ1n) is 5.38. The maximum Gasteiger partial charge on any atom is 0.230 e. The van der Waals surface area contributed by atoms with Gasteiger partial charge in [0, 0.05) is 6.20 Å². The van der Waals surface area contributed by atoms with Gasteiger partial charge in [0.15, 0.2) is 11.5 Å². The Morgan fingerprint density at radius 1 is 1.29 bits per heavy atom. The van der Waals surface area contributed by atoms with Crippen LogP contribution in [0.5, 0.6) is 11.5 Å². The molecule has 1 aromatic carbocycles. The number of fused-ring (bicyclic) bond motifs is 1. The van der Waals surface area contributed by atoms with Crippen molar-refractivity contribution >= 4 is 5.71 Å². The zero-order valence-corrected chi connectivity index (χ0v) is 9.69. The predicted octanol–water partition coefficient (Wildman–Crippen LogP) is -1.28. The van der Waals surface area contributed by atoms with E-state index in [-0.39, 0.29) is 0 Å². The van der Waals surface area contributed by atoms with E-state index in [1.54, 1.807) is 7.05 Å². The topological polar surface area (TPSA) is 84.5 Å². The van der Waals surface area contributed by atoms with Crippen LogP contribution in [0.4, 0.5) is 0 Å². The van der Waals surface area contributed by atoms with Crippen molar-refractivity contribution < 1.29 is 14.5 Å². The summed E-state index contributed by atoms with van der Waals surface area (Å²) in [5, 5.41) is 0. The zero-order chi connectivity index (χ0) is 12.3. The lowest BCUT2D eigenvalue weighted by Crippen LogP contribution is -2.69. The van der Waals surface area contributed by atoms with Gasteiger partial charge >= 0.3 is 0 Å². The average Bonchev–Trinajstić information content (AvgIpc) is 2.39. The molecular weight excluding hydrogens is 218 g/mol. The Hall–Kier alpha value is -2.17. The molecule has 90 valence electrons. The van der Waals surface area contributed by atoms with Crippen molar-refractivity contribution in [1.82, 2.24) is 0 Å². The first-order valence-corrected chi connectivity index (χ1v) is 5.38. The minimum absolute atomic E-state index is 0.490. The summed E-state index contributed by atoms with van der Waals surface area (Å²) in [4.78, 5) is 3.02. The standard InChI is InChI=1S/C12H15N3O2/c1-15-12(9(14)7-13)8-2-3-10-11(6-8)17-5-4-16-10/h2-3,6-7H,4-5,13-14H2,1H3/p+1. The summed E-state index contributed by atoms with van der Waals surface area (Å²) in [7, 11) is 1.79. The second-order valence-corrected chi connectivity index (χ2v) is 3.61. The van der Waals surface area contributed by atoms with Crippen molar-refractivity contribution in [2.24, 2.45) is 11.5 Å². The van der Waals surface area contributed by atoms with Gasteiger partial charge in [-0.1, -0.05) is 0 Å². The van der Waals surface area contributed by atoms with E-state index in [0.717, 1.165) is 22.8 Å². The van der Waals surface area contributed by atoms with Crippen molar-refractivity contribution in [3.05, 3.63) is 35.7 Å². The SMILES string of the molecule is C[NH+]=C(C(N)=CN)c1ccc2c(c1)OCCO2.